The van der Waals surface area contributed by atoms with Gasteiger partial charge in [-0.1, -0.05) is 40.9 Å². The molecule has 3 N–H and O–H groups in total. The molecule has 0 unspecified atom stereocenters. The highest BCUT2D eigenvalue weighted by atomic mass is 35.5. The first-order valence-electron chi connectivity index (χ1n) is 6.34. The number of esters is 1. The van der Waals surface area contributed by atoms with Crippen LogP contribution in [0.1, 0.15) is 10.4 Å². The van der Waals surface area contributed by atoms with Gasteiger partial charge in [-0.05, 0) is 30.3 Å². The summed E-state index contributed by atoms with van der Waals surface area (Å²) in [6, 6.07) is 9.09. The predicted octanol–water partition coefficient (Wildman–Crippen LogP) is 4.02. The van der Waals surface area contributed by atoms with Gasteiger partial charge in [-0.2, -0.15) is 0 Å². The minimum atomic E-state index is -0.694. The van der Waals surface area contributed by atoms with Crippen molar-refractivity contribution >= 4 is 58.1 Å². The molecule has 2 aromatic rings. The highest BCUT2D eigenvalue weighted by Gasteiger charge is 2.13. The summed E-state index contributed by atoms with van der Waals surface area (Å²) in [6.45, 7) is -0.482. The van der Waals surface area contributed by atoms with Crippen molar-refractivity contribution in [2.45, 2.75) is 0 Å². The maximum Gasteiger partial charge on any atom is 0.338 e. The molecule has 0 saturated carbocycles. The van der Waals surface area contributed by atoms with E-state index < -0.39 is 18.5 Å². The van der Waals surface area contributed by atoms with Crippen molar-refractivity contribution in [3.8, 4) is 0 Å². The Morgan fingerprint density at radius 1 is 1.09 bits per heavy atom. The standard InChI is InChI=1S/C15H11Cl3N2O3/c16-9-5-4-8(6-11(9)19)15(22)23-7-13(21)20-12-3-1-2-10(17)14(12)18/h1-6H,7,19H2,(H,20,21). The largest absolute Gasteiger partial charge is 0.452 e. The SMILES string of the molecule is Nc1cc(C(=O)OCC(=O)Nc2cccc(Cl)c2Cl)ccc1Cl. The number of nitrogen functional groups attached to an aromatic ring is 1. The van der Waals surface area contributed by atoms with E-state index in [0.717, 1.165) is 0 Å². The number of ether oxygens (including phenoxy) is 1. The average molecular weight is 374 g/mol. The molecule has 2 rings (SSSR count). The van der Waals surface area contributed by atoms with Crippen LogP contribution in [0.15, 0.2) is 36.4 Å². The Hall–Kier alpha value is -1.95. The van der Waals surface area contributed by atoms with E-state index in [1.165, 1.54) is 18.2 Å². The number of rotatable bonds is 4. The van der Waals surface area contributed by atoms with Crippen LogP contribution in [-0.2, 0) is 9.53 Å². The van der Waals surface area contributed by atoms with Crippen LogP contribution in [0.3, 0.4) is 0 Å². The van der Waals surface area contributed by atoms with Crippen LogP contribution in [0, 0.1) is 0 Å². The third-order valence-electron chi connectivity index (χ3n) is 2.79. The maximum absolute atomic E-state index is 11.8. The molecule has 0 atom stereocenters. The monoisotopic (exact) mass is 372 g/mol. The van der Waals surface area contributed by atoms with E-state index in [1.807, 2.05) is 0 Å². The molecule has 0 aliphatic rings. The third-order valence-corrected chi connectivity index (χ3v) is 3.95. The molecule has 0 spiro atoms. The number of nitrogens with two attached hydrogens (primary N) is 1. The van der Waals surface area contributed by atoms with E-state index in [1.54, 1.807) is 18.2 Å². The molecule has 0 bridgehead atoms. The molecule has 0 radical (unpaired) electrons. The van der Waals surface area contributed by atoms with E-state index in [2.05, 4.69) is 5.32 Å². The van der Waals surface area contributed by atoms with Gasteiger partial charge in [0, 0.05) is 0 Å². The fourth-order valence-electron chi connectivity index (χ4n) is 1.67. The summed E-state index contributed by atoms with van der Waals surface area (Å²) < 4.78 is 4.90. The molecule has 0 aromatic heterocycles. The molecule has 2 aromatic carbocycles. The molecule has 0 aliphatic carbocycles. The van der Waals surface area contributed by atoms with E-state index in [9.17, 15) is 9.59 Å². The van der Waals surface area contributed by atoms with Gasteiger partial charge >= 0.3 is 5.97 Å². The second-order valence-corrected chi connectivity index (χ2v) is 5.65. The van der Waals surface area contributed by atoms with E-state index >= 15 is 0 Å². The van der Waals surface area contributed by atoms with Crippen LogP contribution < -0.4 is 11.1 Å². The van der Waals surface area contributed by atoms with E-state index in [4.69, 9.17) is 45.3 Å². The maximum atomic E-state index is 11.8. The first-order valence-corrected chi connectivity index (χ1v) is 7.48. The van der Waals surface area contributed by atoms with Crippen LogP contribution in [0.2, 0.25) is 15.1 Å². The molecule has 0 saturated heterocycles. The zero-order valence-corrected chi connectivity index (χ0v) is 13.9. The van der Waals surface area contributed by atoms with Crippen molar-refractivity contribution in [3.63, 3.8) is 0 Å². The summed E-state index contributed by atoms with van der Waals surface area (Å²) >= 11 is 17.6. The topological polar surface area (TPSA) is 81.4 Å². The molecule has 0 aliphatic heterocycles. The predicted molar refractivity (Wildman–Crippen MR) is 91.2 cm³/mol. The second-order valence-electron chi connectivity index (χ2n) is 4.46. The number of halogens is 3. The molecular weight excluding hydrogens is 363 g/mol. The Morgan fingerprint density at radius 3 is 2.52 bits per heavy atom. The third kappa shape index (κ3) is 4.51. The van der Waals surface area contributed by atoms with Gasteiger partial charge in [-0.3, -0.25) is 4.79 Å². The molecule has 23 heavy (non-hydrogen) atoms. The summed E-state index contributed by atoms with van der Waals surface area (Å²) in [5.74, 6) is -1.25. The molecular formula is C15H11Cl3N2O3. The van der Waals surface area contributed by atoms with Crippen LogP contribution in [0.25, 0.3) is 0 Å². The molecule has 0 heterocycles. The lowest BCUT2D eigenvalue weighted by Gasteiger charge is -2.09. The summed E-state index contributed by atoms with van der Waals surface area (Å²) in [5, 5.41) is 3.34. The van der Waals surface area contributed by atoms with Gasteiger partial charge in [0.15, 0.2) is 6.61 Å². The van der Waals surface area contributed by atoms with Crippen molar-refractivity contribution in [3.05, 3.63) is 57.0 Å². The number of amides is 1. The summed E-state index contributed by atoms with van der Waals surface area (Å²) in [6.07, 6.45) is 0. The minimum Gasteiger partial charge on any atom is -0.452 e. The first kappa shape index (κ1) is 17.4. The van der Waals surface area contributed by atoms with Gasteiger partial charge in [0.25, 0.3) is 5.91 Å². The Morgan fingerprint density at radius 2 is 1.83 bits per heavy atom. The normalized spacial score (nSPS) is 10.2. The van der Waals surface area contributed by atoms with Crippen LogP contribution in [0.4, 0.5) is 11.4 Å². The number of carbonyl (C=O) groups excluding carboxylic acids is 2. The fraction of sp³-hybridized carbons (Fsp3) is 0.0667. The van der Waals surface area contributed by atoms with Crippen molar-refractivity contribution in [1.82, 2.24) is 0 Å². The lowest BCUT2D eigenvalue weighted by Crippen LogP contribution is -2.21. The first-order chi connectivity index (χ1) is 10.9. The lowest BCUT2D eigenvalue weighted by molar-refractivity contribution is -0.119. The fourth-order valence-corrected chi connectivity index (χ4v) is 2.14. The zero-order chi connectivity index (χ0) is 17.0. The summed E-state index contributed by atoms with van der Waals surface area (Å²) in [4.78, 5) is 23.6. The summed E-state index contributed by atoms with van der Waals surface area (Å²) in [5.41, 5.74) is 6.37. The highest BCUT2D eigenvalue weighted by molar-refractivity contribution is 6.44. The molecule has 0 fully saturated rings. The smallest absolute Gasteiger partial charge is 0.338 e. The number of carbonyl (C=O) groups is 2. The highest BCUT2D eigenvalue weighted by Crippen LogP contribution is 2.29. The van der Waals surface area contributed by atoms with Crippen LogP contribution in [0.5, 0.6) is 0 Å². The van der Waals surface area contributed by atoms with Gasteiger partial charge in [0.05, 0.1) is 32.0 Å². The second kappa shape index (κ2) is 7.55. The Balaban J connectivity index is 1.94. The zero-order valence-electron chi connectivity index (χ0n) is 11.6. The van der Waals surface area contributed by atoms with Gasteiger partial charge in [0.1, 0.15) is 0 Å². The van der Waals surface area contributed by atoms with Gasteiger partial charge < -0.3 is 15.8 Å². The number of nitrogens with one attached hydrogen (secondary N) is 1. The molecule has 1 amide bonds. The minimum absolute atomic E-state index is 0.195. The Labute approximate surface area is 147 Å². The van der Waals surface area contributed by atoms with Gasteiger partial charge in [-0.25, -0.2) is 4.79 Å². The van der Waals surface area contributed by atoms with Crippen LogP contribution >= 0.6 is 34.8 Å². The van der Waals surface area contributed by atoms with Gasteiger partial charge in [-0.15, -0.1) is 0 Å². The van der Waals surface area contributed by atoms with Crippen molar-refractivity contribution in [2.75, 3.05) is 17.7 Å². The quantitative estimate of drug-likeness (QED) is 0.626. The van der Waals surface area contributed by atoms with Crippen molar-refractivity contribution in [2.24, 2.45) is 0 Å². The van der Waals surface area contributed by atoms with Crippen LogP contribution in [-0.4, -0.2) is 18.5 Å². The Kier molecular flexibility index (Phi) is 5.71. The van der Waals surface area contributed by atoms with Crippen molar-refractivity contribution < 1.29 is 14.3 Å². The molecule has 5 nitrogen and oxygen atoms in total. The Bertz CT molecular complexity index is 766. The van der Waals surface area contributed by atoms with E-state index in [-0.39, 0.29) is 16.3 Å². The van der Waals surface area contributed by atoms with E-state index in [0.29, 0.717) is 15.7 Å². The number of anilines is 2. The number of hydrogen-bond acceptors (Lipinski definition) is 4. The van der Waals surface area contributed by atoms with Gasteiger partial charge in [0.2, 0.25) is 0 Å². The van der Waals surface area contributed by atoms with Crippen molar-refractivity contribution in [1.29, 1.82) is 0 Å². The summed E-state index contributed by atoms with van der Waals surface area (Å²) in [7, 11) is 0. The average Bonchev–Trinajstić information content (AvgIpc) is 2.52. The number of benzene rings is 2. The number of hydrogen-bond donors (Lipinski definition) is 2. The lowest BCUT2D eigenvalue weighted by atomic mass is 10.2. The molecule has 120 valence electrons. The molecule has 8 heteroatoms.